The van der Waals surface area contributed by atoms with Crippen LogP contribution in [0.15, 0.2) is 34.9 Å². The third-order valence-corrected chi connectivity index (χ3v) is 5.44. The molecule has 138 valence electrons. The number of rotatable bonds is 3. The number of carbonyl (C=O) groups excluding carboxylic acids is 1. The van der Waals surface area contributed by atoms with Crippen molar-refractivity contribution in [2.24, 2.45) is 0 Å². The first-order valence-corrected chi connectivity index (χ1v) is 9.40. The average molecular weight is 363 g/mol. The van der Waals surface area contributed by atoms with Crippen LogP contribution in [0.2, 0.25) is 0 Å². The predicted octanol–water partition coefficient (Wildman–Crippen LogP) is 3.34. The molecule has 1 atom stereocenters. The second-order valence-electron chi connectivity index (χ2n) is 7.33. The number of fused-ring (bicyclic) bond motifs is 1. The van der Waals surface area contributed by atoms with Gasteiger partial charge in [-0.05, 0) is 26.7 Å². The van der Waals surface area contributed by atoms with Gasteiger partial charge < -0.3 is 9.42 Å². The van der Waals surface area contributed by atoms with Gasteiger partial charge in [-0.2, -0.15) is 5.10 Å². The minimum Gasteiger partial charge on any atom is -0.360 e. The predicted molar refractivity (Wildman–Crippen MR) is 98.1 cm³/mol. The van der Waals surface area contributed by atoms with Gasteiger partial charge >= 0.3 is 0 Å². The molecule has 2 aliphatic rings. The minimum atomic E-state index is -0.135. The van der Waals surface area contributed by atoms with E-state index in [9.17, 15) is 4.79 Å². The van der Waals surface area contributed by atoms with Crippen LogP contribution in [0.3, 0.4) is 0 Å². The van der Waals surface area contributed by atoms with Crippen molar-refractivity contribution in [3.05, 3.63) is 53.3 Å². The van der Waals surface area contributed by atoms with E-state index < -0.39 is 0 Å². The van der Waals surface area contributed by atoms with Crippen LogP contribution in [0.25, 0.3) is 11.3 Å². The van der Waals surface area contributed by atoms with E-state index in [1.807, 2.05) is 46.8 Å². The minimum absolute atomic E-state index is 0.0673. The Morgan fingerprint density at radius 2 is 1.96 bits per heavy atom. The summed E-state index contributed by atoms with van der Waals surface area (Å²) in [7, 11) is 0. The van der Waals surface area contributed by atoms with Crippen LogP contribution in [-0.2, 0) is 6.54 Å². The molecule has 1 aromatic carbocycles. The van der Waals surface area contributed by atoms with E-state index in [-0.39, 0.29) is 11.9 Å². The zero-order valence-electron chi connectivity index (χ0n) is 15.4. The fourth-order valence-corrected chi connectivity index (χ4v) is 3.73. The van der Waals surface area contributed by atoms with Crippen molar-refractivity contribution in [2.75, 3.05) is 6.54 Å². The molecule has 7 nitrogen and oxygen atoms in total. The Hall–Kier alpha value is -2.96. The maximum atomic E-state index is 13.4. The maximum Gasteiger partial charge on any atom is 0.260 e. The van der Waals surface area contributed by atoms with Crippen molar-refractivity contribution in [3.63, 3.8) is 0 Å². The molecule has 0 radical (unpaired) electrons. The molecule has 0 bridgehead atoms. The standard InChI is InChI=1S/C20H21N5O2/c1-12-19-21-18(15-8-9-15)22-25(19)11-10-24(12)20(26)16-13(2)27-23-17(16)14-6-4-3-5-7-14/h3-7,12,15H,8-11H2,1-2H3/t12-/m1/s1. The number of nitrogens with zero attached hydrogens (tertiary/aromatic N) is 5. The lowest BCUT2D eigenvalue weighted by Gasteiger charge is -2.32. The zero-order chi connectivity index (χ0) is 18.5. The molecule has 1 amide bonds. The quantitative estimate of drug-likeness (QED) is 0.713. The van der Waals surface area contributed by atoms with Gasteiger partial charge in [0.1, 0.15) is 22.8 Å². The summed E-state index contributed by atoms with van der Waals surface area (Å²) in [4.78, 5) is 20.0. The summed E-state index contributed by atoms with van der Waals surface area (Å²) in [6.45, 7) is 5.06. The fourth-order valence-electron chi connectivity index (χ4n) is 3.73. The molecule has 1 saturated carbocycles. The number of carbonyl (C=O) groups is 1. The number of aryl methyl sites for hydroxylation is 1. The summed E-state index contributed by atoms with van der Waals surface area (Å²) < 4.78 is 7.34. The Labute approximate surface area is 157 Å². The first-order valence-electron chi connectivity index (χ1n) is 9.40. The molecule has 1 aliphatic heterocycles. The van der Waals surface area contributed by atoms with Crippen LogP contribution in [0.5, 0.6) is 0 Å². The van der Waals surface area contributed by atoms with Crippen molar-refractivity contribution in [1.82, 2.24) is 24.8 Å². The van der Waals surface area contributed by atoms with Crippen molar-refractivity contribution < 1.29 is 9.32 Å². The van der Waals surface area contributed by atoms with Crippen LogP contribution in [-0.4, -0.2) is 37.3 Å². The van der Waals surface area contributed by atoms with Gasteiger partial charge in [0.15, 0.2) is 5.82 Å². The normalized spacial score (nSPS) is 19.2. The topological polar surface area (TPSA) is 77.0 Å². The Balaban J connectivity index is 1.49. The molecule has 0 unspecified atom stereocenters. The monoisotopic (exact) mass is 363 g/mol. The Kier molecular flexibility index (Phi) is 3.63. The average Bonchev–Trinajstić information content (AvgIpc) is 3.32. The second-order valence-corrected chi connectivity index (χ2v) is 7.33. The van der Waals surface area contributed by atoms with E-state index >= 15 is 0 Å². The summed E-state index contributed by atoms with van der Waals surface area (Å²) in [5.41, 5.74) is 2.00. The van der Waals surface area contributed by atoms with Crippen LogP contribution in [0, 0.1) is 6.92 Å². The number of amides is 1. The Morgan fingerprint density at radius 3 is 2.70 bits per heavy atom. The summed E-state index contributed by atoms with van der Waals surface area (Å²) in [5, 5.41) is 8.79. The maximum absolute atomic E-state index is 13.4. The number of benzene rings is 1. The van der Waals surface area contributed by atoms with Crippen molar-refractivity contribution in [3.8, 4) is 11.3 Å². The van der Waals surface area contributed by atoms with Crippen molar-refractivity contribution in [1.29, 1.82) is 0 Å². The van der Waals surface area contributed by atoms with Gasteiger partial charge in [0.05, 0.1) is 12.6 Å². The van der Waals surface area contributed by atoms with Gasteiger partial charge in [0.25, 0.3) is 5.91 Å². The molecule has 0 N–H and O–H groups in total. The van der Waals surface area contributed by atoms with E-state index in [0.29, 0.717) is 36.0 Å². The third-order valence-electron chi connectivity index (χ3n) is 5.44. The Morgan fingerprint density at radius 1 is 1.19 bits per heavy atom. The molecule has 27 heavy (non-hydrogen) atoms. The van der Waals surface area contributed by atoms with Gasteiger partial charge in [0.2, 0.25) is 0 Å². The summed E-state index contributed by atoms with van der Waals surface area (Å²) >= 11 is 0. The van der Waals surface area contributed by atoms with Gasteiger partial charge in [-0.3, -0.25) is 4.79 Å². The number of hydrogen-bond donors (Lipinski definition) is 0. The number of hydrogen-bond acceptors (Lipinski definition) is 5. The highest BCUT2D eigenvalue weighted by Crippen LogP contribution is 2.39. The third kappa shape index (κ3) is 2.65. The molecular weight excluding hydrogens is 342 g/mol. The molecule has 1 fully saturated rings. The fraction of sp³-hybridized carbons (Fsp3) is 0.400. The van der Waals surface area contributed by atoms with Crippen molar-refractivity contribution in [2.45, 2.75) is 45.2 Å². The highest BCUT2D eigenvalue weighted by molar-refractivity contribution is 6.01. The lowest BCUT2D eigenvalue weighted by Crippen LogP contribution is -2.41. The van der Waals surface area contributed by atoms with Gasteiger partial charge in [-0.1, -0.05) is 35.5 Å². The Bertz CT molecular complexity index is 1000. The molecule has 2 aromatic heterocycles. The lowest BCUT2D eigenvalue weighted by molar-refractivity contribution is 0.0629. The molecule has 0 saturated heterocycles. The van der Waals surface area contributed by atoms with E-state index in [0.717, 1.165) is 17.2 Å². The molecular formula is C20H21N5O2. The molecule has 0 spiro atoms. The van der Waals surface area contributed by atoms with Crippen LogP contribution < -0.4 is 0 Å². The van der Waals surface area contributed by atoms with Crippen LogP contribution in [0.4, 0.5) is 0 Å². The van der Waals surface area contributed by atoms with E-state index in [2.05, 4.69) is 10.3 Å². The summed E-state index contributed by atoms with van der Waals surface area (Å²) in [6.07, 6.45) is 2.33. The van der Waals surface area contributed by atoms with Crippen molar-refractivity contribution >= 4 is 5.91 Å². The molecule has 3 aromatic rings. The van der Waals surface area contributed by atoms with E-state index in [1.165, 1.54) is 12.8 Å². The van der Waals surface area contributed by atoms with Gasteiger partial charge in [0, 0.05) is 18.0 Å². The van der Waals surface area contributed by atoms with E-state index in [4.69, 9.17) is 9.51 Å². The summed E-state index contributed by atoms with van der Waals surface area (Å²) in [5.74, 6) is 2.77. The van der Waals surface area contributed by atoms with Gasteiger partial charge in [-0.15, -0.1) is 0 Å². The highest BCUT2D eigenvalue weighted by Gasteiger charge is 2.36. The van der Waals surface area contributed by atoms with Crippen LogP contribution in [0.1, 0.15) is 59.5 Å². The molecule has 5 rings (SSSR count). The zero-order valence-corrected chi connectivity index (χ0v) is 15.4. The molecule has 7 heteroatoms. The number of aromatic nitrogens is 4. The molecule has 1 aliphatic carbocycles. The lowest BCUT2D eigenvalue weighted by atomic mass is 10.0. The second kappa shape index (κ2) is 6.04. The smallest absolute Gasteiger partial charge is 0.260 e. The first-order chi connectivity index (χ1) is 13.1. The SMILES string of the molecule is Cc1onc(-c2ccccc2)c1C(=O)N1CCn2nc(C3CC3)nc2[C@H]1C. The van der Waals surface area contributed by atoms with E-state index in [1.54, 1.807) is 6.92 Å². The molecule has 3 heterocycles. The largest absolute Gasteiger partial charge is 0.360 e. The van der Waals surface area contributed by atoms with Crippen LogP contribution >= 0.6 is 0 Å². The van der Waals surface area contributed by atoms with Gasteiger partial charge in [-0.25, -0.2) is 9.67 Å². The highest BCUT2D eigenvalue weighted by atomic mass is 16.5. The first kappa shape index (κ1) is 16.2. The summed E-state index contributed by atoms with van der Waals surface area (Å²) in [6, 6.07) is 9.54.